The average Bonchev–Trinajstić information content (AvgIpc) is 2.99. The molecule has 0 aromatic heterocycles. The van der Waals surface area contributed by atoms with E-state index in [1.807, 2.05) is 77.8 Å². The summed E-state index contributed by atoms with van der Waals surface area (Å²) in [5, 5.41) is 14.5. The minimum absolute atomic E-state index is 0.118. The second-order valence-electron chi connectivity index (χ2n) is 9.59. The zero-order valence-corrected chi connectivity index (χ0v) is 22.7. The number of fused-ring (bicyclic) bond motifs is 1. The molecule has 0 bridgehead atoms. The van der Waals surface area contributed by atoms with E-state index in [9.17, 15) is 9.90 Å². The van der Waals surface area contributed by atoms with Gasteiger partial charge in [0.2, 0.25) is 0 Å². The van der Waals surface area contributed by atoms with Gasteiger partial charge in [0.1, 0.15) is 13.2 Å². The Kier molecular flexibility index (Phi) is 9.26. The van der Waals surface area contributed by atoms with Gasteiger partial charge in [-0.15, -0.1) is 0 Å². The Bertz CT molecular complexity index is 1270. The van der Waals surface area contributed by atoms with Crippen molar-refractivity contribution < 1.29 is 24.1 Å². The van der Waals surface area contributed by atoms with Crippen molar-refractivity contribution in [2.75, 3.05) is 46.8 Å². The third-order valence-corrected chi connectivity index (χ3v) is 6.99. The fourth-order valence-electron chi connectivity index (χ4n) is 5.04. The van der Waals surface area contributed by atoms with Crippen LogP contribution in [0, 0.1) is 0 Å². The second-order valence-corrected chi connectivity index (χ2v) is 9.59. The standard InChI is InChI=1S/C32H35N3O5/c1-38-20-18-33-24-34(30(26-13-7-3-8-14-26)27-15-9-4-10-16-27)35-28(21-36)17-19-39-23-29(31(35)32(33)37)40-22-25-11-5-2-6-12-25/h2-17,30,36H,18-24H2,1H3/b28-17-,31-29?. The summed E-state index contributed by atoms with van der Waals surface area (Å²) in [5.41, 5.74) is 3.96. The second kappa shape index (κ2) is 13.4. The monoisotopic (exact) mass is 541 g/mol. The molecule has 208 valence electrons. The summed E-state index contributed by atoms with van der Waals surface area (Å²) >= 11 is 0. The van der Waals surface area contributed by atoms with Gasteiger partial charge < -0.3 is 24.2 Å². The summed E-state index contributed by atoms with van der Waals surface area (Å²) < 4.78 is 17.6. The first-order chi connectivity index (χ1) is 19.7. The number of methoxy groups -OCH3 is 1. The molecule has 2 aliphatic rings. The number of nitrogens with zero attached hydrogens (tertiary/aromatic N) is 3. The smallest absolute Gasteiger partial charge is 0.276 e. The molecule has 3 aromatic rings. The number of carbonyl (C=O) groups excluding carboxylic acids is 1. The number of hydrazine groups is 1. The molecule has 2 aliphatic heterocycles. The first-order valence-corrected chi connectivity index (χ1v) is 13.4. The Morgan fingerprint density at radius 3 is 2.15 bits per heavy atom. The molecule has 2 heterocycles. The number of carbonyl (C=O) groups is 1. The molecule has 1 saturated heterocycles. The predicted molar refractivity (Wildman–Crippen MR) is 151 cm³/mol. The summed E-state index contributed by atoms with van der Waals surface area (Å²) in [4.78, 5) is 15.9. The number of rotatable bonds is 10. The minimum atomic E-state index is -0.281. The number of hydrogen-bond donors (Lipinski definition) is 1. The molecule has 1 N–H and O–H groups in total. The lowest BCUT2D eigenvalue weighted by molar-refractivity contribution is -0.153. The zero-order chi connectivity index (χ0) is 27.7. The molecule has 1 amide bonds. The number of aliphatic hydroxyl groups excluding tert-OH is 1. The molecule has 0 unspecified atom stereocenters. The van der Waals surface area contributed by atoms with Crippen LogP contribution in [0.4, 0.5) is 0 Å². The molecule has 5 rings (SSSR count). The summed E-state index contributed by atoms with van der Waals surface area (Å²) in [6.45, 7) is 1.45. The zero-order valence-electron chi connectivity index (χ0n) is 22.7. The Balaban J connectivity index is 1.66. The van der Waals surface area contributed by atoms with Gasteiger partial charge in [-0.25, -0.2) is 0 Å². The molecule has 1 fully saturated rings. The van der Waals surface area contributed by atoms with E-state index in [-0.39, 0.29) is 45.0 Å². The largest absolute Gasteiger partial charge is 0.488 e. The van der Waals surface area contributed by atoms with Gasteiger partial charge in [-0.05, 0) is 22.8 Å². The van der Waals surface area contributed by atoms with Crippen molar-refractivity contribution in [3.05, 3.63) is 131 Å². The number of ether oxygens (including phenoxy) is 3. The van der Waals surface area contributed by atoms with E-state index in [2.05, 4.69) is 29.3 Å². The van der Waals surface area contributed by atoms with Crippen LogP contribution in [-0.4, -0.2) is 72.7 Å². The first-order valence-electron chi connectivity index (χ1n) is 13.4. The van der Waals surface area contributed by atoms with Crippen LogP contribution in [0.1, 0.15) is 22.7 Å². The van der Waals surface area contributed by atoms with Gasteiger partial charge in [0, 0.05) is 13.7 Å². The van der Waals surface area contributed by atoms with Gasteiger partial charge >= 0.3 is 0 Å². The van der Waals surface area contributed by atoms with E-state index in [0.29, 0.717) is 30.3 Å². The van der Waals surface area contributed by atoms with Crippen molar-refractivity contribution in [2.24, 2.45) is 0 Å². The molecular formula is C32H35N3O5. The van der Waals surface area contributed by atoms with Crippen LogP contribution in [0.25, 0.3) is 0 Å². The van der Waals surface area contributed by atoms with Crippen LogP contribution in [-0.2, 0) is 25.6 Å². The molecule has 0 atom stereocenters. The molecule has 3 aromatic carbocycles. The maximum absolute atomic E-state index is 14.2. The van der Waals surface area contributed by atoms with E-state index >= 15 is 0 Å². The Labute approximate surface area is 235 Å². The highest BCUT2D eigenvalue weighted by molar-refractivity contribution is 5.94. The van der Waals surface area contributed by atoms with E-state index in [4.69, 9.17) is 14.2 Å². The fourth-order valence-corrected chi connectivity index (χ4v) is 5.04. The van der Waals surface area contributed by atoms with Gasteiger partial charge in [0.05, 0.1) is 38.2 Å². The normalized spacial score (nSPS) is 17.8. The van der Waals surface area contributed by atoms with Crippen molar-refractivity contribution in [3.8, 4) is 0 Å². The van der Waals surface area contributed by atoms with E-state index < -0.39 is 0 Å². The minimum Gasteiger partial charge on any atom is -0.488 e. The van der Waals surface area contributed by atoms with Gasteiger partial charge in [-0.1, -0.05) is 91.0 Å². The summed E-state index contributed by atoms with van der Waals surface area (Å²) in [6.07, 6.45) is 1.83. The topological polar surface area (TPSA) is 74.7 Å². The number of hydrogen-bond acceptors (Lipinski definition) is 7. The van der Waals surface area contributed by atoms with Gasteiger partial charge in [-0.3, -0.25) is 9.80 Å². The van der Waals surface area contributed by atoms with Crippen molar-refractivity contribution in [3.63, 3.8) is 0 Å². The molecule has 0 spiro atoms. The van der Waals surface area contributed by atoms with Gasteiger partial charge in [-0.2, -0.15) is 5.01 Å². The highest BCUT2D eigenvalue weighted by Crippen LogP contribution is 2.38. The molecule has 0 saturated carbocycles. The SMILES string of the molecule is COCCN1CN(C(c2ccccc2)c2ccccc2)N2C(=C(OCc3ccccc3)COC/C=C\2CO)C1=O. The Hall–Kier alpha value is -3.95. The lowest BCUT2D eigenvalue weighted by Gasteiger charge is -2.50. The highest BCUT2D eigenvalue weighted by Gasteiger charge is 2.43. The quantitative estimate of drug-likeness (QED) is 0.415. The third kappa shape index (κ3) is 6.11. The number of aliphatic hydroxyl groups is 1. The average molecular weight is 542 g/mol. The Morgan fingerprint density at radius 1 is 0.925 bits per heavy atom. The highest BCUT2D eigenvalue weighted by atomic mass is 16.5. The van der Waals surface area contributed by atoms with E-state index in [0.717, 1.165) is 16.7 Å². The van der Waals surface area contributed by atoms with Crippen LogP contribution in [0.15, 0.2) is 114 Å². The van der Waals surface area contributed by atoms with E-state index in [1.54, 1.807) is 12.0 Å². The maximum atomic E-state index is 14.2. The predicted octanol–water partition coefficient (Wildman–Crippen LogP) is 4.08. The third-order valence-electron chi connectivity index (χ3n) is 6.99. The molecule has 8 heteroatoms. The van der Waals surface area contributed by atoms with Gasteiger partial charge in [0.25, 0.3) is 5.91 Å². The van der Waals surface area contributed by atoms with E-state index in [1.165, 1.54) is 0 Å². The van der Waals surface area contributed by atoms with Crippen LogP contribution < -0.4 is 0 Å². The van der Waals surface area contributed by atoms with Crippen molar-refractivity contribution in [1.29, 1.82) is 0 Å². The van der Waals surface area contributed by atoms with Crippen LogP contribution >= 0.6 is 0 Å². The van der Waals surface area contributed by atoms with Crippen LogP contribution in [0.2, 0.25) is 0 Å². The van der Waals surface area contributed by atoms with Crippen molar-refractivity contribution in [2.45, 2.75) is 12.6 Å². The number of benzene rings is 3. The van der Waals surface area contributed by atoms with Crippen molar-refractivity contribution in [1.82, 2.24) is 14.9 Å². The molecule has 8 nitrogen and oxygen atoms in total. The van der Waals surface area contributed by atoms with Gasteiger partial charge in [0.15, 0.2) is 11.5 Å². The summed E-state index contributed by atoms with van der Waals surface area (Å²) in [7, 11) is 1.62. The van der Waals surface area contributed by atoms with Crippen LogP contribution in [0.5, 0.6) is 0 Å². The van der Waals surface area contributed by atoms with Crippen LogP contribution in [0.3, 0.4) is 0 Å². The molecule has 0 aliphatic carbocycles. The molecular weight excluding hydrogens is 506 g/mol. The summed E-state index contributed by atoms with van der Waals surface area (Å²) in [5.74, 6) is 0.209. The maximum Gasteiger partial charge on any atom is 0.276 e. The number of amides is 1. The lowest BCUT2D eigenvalue weighted by atomic mass is 9.97. The summed E-state index contributed by atoms with van der Waals surface area (Å²) in [6, 6.07) is 29.9. The molecule has 0 radical (unpaired) electrons. The first kappa shape index (κ1) is 27.6. The fraction of sp³-hybridized carbons (Fsp3) is 0.281. The Morgan fingerprint density at radius 2 is 1.55 bits per heavy atom. The lowest BCUT2D eigenvalue weighted by Crippen LogP contribution is -2.60. The van der Waals surface area contributed by atoms with Crippen molar-refractivity contribution >= 4 is 5.91 Å². The molecule has 40 heavy (non-hydrogen) atoms.